The quantitative estimate of drug-likeness (QED) is 0.396. The van der Waals surface area contributed by atoms with E-state index in [0.717, 1.165) is 12.5 Å². The Morgan fingerprint density at radius 3 is 2.38 bits per heavy atom. The number of hydrogen-bond donors (Lipinski definition) is 0. The molecule has 2 aromatic rings. The van der Waals surface area contributed by atoms with Gasteiger partial charge in [-0.25, -0.2) is 4.79 Å². The summed E-state index contributed by atoms with van der Waals surface area (Å²) in [7, 11) is 1.41. The monoisotopic (exact) mass is 476 g/mol. The summed E-state index contributed by atoms with van der Waals surface area (Å²) in [6.07, 6.45) is -2.99. The van der Waals surface area contributed by atoms with Gasteiger partial charge in [0.25, 0.3) is 5.91 Å². The van der Waals surface area contributed by atoms with E-state index in [2.05, 4.69) is 5.10 Å². The zero-order chi connectivity index (χ0) is 24.9. The number of alkyl halides is 3. The van der Waals surface area contributed by atoms with Crippen LogP contribution < -0.4 is 14.5 Å². The second-order valence-electron chi connectivity index (χ2n) is 7.15. The lowest BCUT2D eigenvalue weighted by molar-refractivity contribution is -0.114. The molecule has 1 heterocycles. The number of anilines is 1. The van der Waals surface area contributed by atoms with Gasteiger partial charge in [0.05, 0.1) is 37.1 Å². The third kappa shape index (κ3) is 5.38. The van der Waals surface area contributed by atoms with Crippen LogP contribution in [0.15, 0.2) is 53.1 Å². The number of hydrazone groups is 1. The summed E-state index contributed by atoms with van der Waals surface area (Å²) in [6, 6.07) is 9.93. The predicted octanol–water partition coefficient (Wildman–Crippen LogP) is 5.01. The third-order valence-electron chi connectivity index (χ3n) is 4.73. The van der Waals surface area contributed by atoms with Crippen molar-refractivity contribution >= 4 is 29.4 Å². The van der Waals surface area contributed by atoms with Crippen LogP contribution in [0.25, 0.3) is 6.08 Å². The second kappa shape index (κ2) is 10.4. The number of esters is 1. The molecule has 0 saturated carbocycles. The van der Waals surface area contributed by atoms with Crippen LogP contribution >= 0.6 is 0 Å². The van der Waals surface area contributed by atoms with Crippen LogP contribution in [0, 0.1) is 0 Å². The summed E-state index contributed by atoms with van der Waals surface area (Å²) in [4.78, 5) is 24.8. The first-order valence-electron chi connectivity index (χ1n) is 10.5. The van der Waals surface area contributed by atoms with Crippen molar-refractivity contribution in [3.05, 3.63) is 59.2 Å². The smallest absolute Gasteiger partial charge is 0.435 e. The van der Waals surface area contributed by atoms with Gasteiger partial charge in [0.15, 0.2) is 17.2 Å². The molecule has 34 heavy (non-hydrogen) atoms. The number of carbonyl (C=O) groups excluding carboxylic acids is 2. The van der Waals surface area contributed by atoms with Crippen LogP contribution in [0.5, 0.6) is 11.5 Å². The minimum absolute atomic E-state index is 0.0732. The Balaban J connectivity index is 1.96. The molecule has 1 amide bonds. The largest absolute Gasteiger partial charge is 0.493 e. The van der Waals surface area contributed by atoms with E-state index in [-0.39, 0.29) is 17.9 Å². The molecule has 0 unspecified atom stereocenters. The maximum atomic E-state index is 13.7. The van der Waals surface area contributed by atoms with E-state index in [1.165, 1.54) is 43.5 Å². The highest BCUT2D eigenvalue weighted by molar-refractivity contribution is 6.34. The van der Waals surface area contributed by atoms with Gasteiger partial charge >= 0.3 is 12.1 Å². The van der Waals surface area contributed by atoms with E-state index in [0.29, 0.717) is 28.7 Å². The molecular weight excluding hydrogens is 453 g/mol. The molecule has 1 aliphatic heterocycles. The van der Waals surface area contributed by atoms with Crippen LogP contribution in [0.3, 0.4) is 0 Å². The minimum Gasteiger partial charge on any atom is -0.493 e. The molecule has 180 valence electrons. The van der Waals surface area contributed by atoms with E-state index >= 15 is 0 Å². The van der Waals surface area contributed by atoms with E-state index in [4.69, 9.17) is 14.2 Å². The fraction of sp³-hybridized carbons (Fsp3) is 0.292. The zero-order valence-electron chi connectivity index (χ0n) is 18.8. The SMILES string of the molecule is CCCOc1ccc(C=C2C(=O)N(c3ccc(C(=O)OCC)cc3)N=C2C(F)(F)F)cc1OC. The number of benzene rings is 2. The third-order valence-corrected chi connectivity index (χ3v) is 4.73. The van der Waals surface area contributed by atoms with Gasteiger partial charge in [0.2, 0.25) is 0 Å². The summed E-state index contributed by atoms with van der Waals surface area (Å²) in [5, 5.41) is 4.19. The maximum Gasteiger partial charge on any atom is 0.435 e. The van der Waals surface area contributed by atoms with Gasteiger partial charge in [0.1, 0.15) is 0 Å². The first-order chi connectivity index (χ1) is 16.2. The van der Waals surface area contributed by atoms with Crippen molar-refractivity contribution in [3.8, 4) is 11.5 Å². The number of hydrogen-bond acceptors (Lipinski definition) is 6. The molecule has 0 atom stereocenters. The summed E-state index contributed by atoms with van der Waals surface area (Å²) < 4.78 is 56.9. The lowest BCUT2D eigenvalue weighted by Gasteiger charge is -2.12. The Morgan fingerprint density at radius 1 is 1.09 bits per heavy atom. The molecule has 7 nitrogen and oxygen atoms in total. The first-order valence-corrected chi connectivity index (χ1v) is 10.5. The molecule has 1 aliphatic rings. The Bertz CT molecular complexity index is 1120. The average Bonchev–Trinajstić information content (AvgIpc) is 3.14. The first kappa shape index (κ1) is 24.8. The van der Waals surface area contributed by atoms with Gasteiger partial charge in [-0.1, -0.05) is 13.0 Å². The molecule has 10 heteroatoms. The van der Waals surface area contributed by atoms with Crippen molar-refractivity contribution < 1.29 is 37.0 Å². The molecule has 0 bridgehead atoms. The Hall–Kier alpha value is -3.82. The minimum atomic E-state index is -4.87. The van der Waals surface area contributed by atoms with Crippen LogP contribution in [0.1, 0.15) is 36.2 Å². The molecule has 0 aliphatic carbocycles. The van der Waals surface area contributed by atoms with Gasteiger partial charge in [-0.15, -0.1) is 0 Å². The summed E-state index contributed by atoms with van der Waals surface area (Å²) in [5.41, 5.74) is -1.36. The number of amides is 1. The van der Waals surface area contributed by atoms with Gasteiger partial charge in [0, 0.05) is 0 Å². The van der Waals surface area contributed by atoms with Crippen molar-refractivity contribution in [1.29, 1.82) is 0 Å². The van der Waals surface area contributed by atoms with Gasteiger partial charge in [-0.05, 0) is 61.4 Å². The number of rotatable bonds is 8. The van der Waals surface area contributed by atoms with Crippen molar-refractivity contribution in [2.24, 2.45) is 5.10 Å². The molecule has 0 spiro atoms. The highest BCUT2D eigenvalue weighted by atomic mass is 19.4. The number of nitrogens with zero attached hydrogens (tertiary/aromatic N) is 2. The Kier molecular flexibility index (Phi) is 7.60. The highest BCUT2D eigenvalue weighted by Crippen LogP contribution is 2.34. The molecule has 3 rings (SSSR count). The van der Waals surface area contributed by atoms with Crippen molar-refractivity contribution in [2.45, 2.75) is 26.4 Å². The fourth-order valence-corrected chi connectivity index (χ4v) is 3.15. The Morgan fingerprint density at radius 2 is 1.79 bits per heavy atom. The number of ether oxygens (including phenoxy) is 3. The van der Waals surface area contributed by atoms with Gasteiger partial charge in [-0.3, -0.25) is 4.79 Å². The van der Waals surface area contributed by atoms with Crippen molar-refractivity contribution in [2.75, 3.05) is 25.3 Å². The highest BCUT2D eigenvalue weighted by Gasteiger charge is 2.46. The molecule has 0 radical (unpaired) electrons. The molecule has 0 fully saturated rings. The average molecular weight is 476 g/mol. The number of carbonyl (C=O) groups is 2. The van der Waals surface area contributed by atoms with E-state index in [1.807, 2.05) is 6.92 Å². The summed E-state index contributed by atoms with van der Waals surface area (Å²) in [5.74, 6) is -0.772. The zero-order valence-corrected chi connectivity index (χ0v) is 18.8. The van der Waals surface area contributed by atoms with E-state index in [9.17, 15) is 22.8 Å². The predicted molar refractivity (Wildman–Crippen MR) is 120 cm³/mol. The van der Waals surface area contributed by atoms with Crippen LogP contribution in [-0.4, -0.2) is 44.1 Å². The number of methoxy groups -OCH3 is 1. The normalized spacial score (nSPS) is 14.9. The number of halogens is 3. The molecular formula is C24H23F3N2O5. The van der Waals surface area contributed by atoms with Crippen LogP contribution in [-0.2, 0) is 9.53 Å². The van der Waals surface area contributed by atoms with E-state index < -0.39 is 29.3 Å². The molecule has 2 aromatic carbocycles. The molecule has 0 N–H and O–H groups in total. The van der Waals surface area contributed by atoms with Crippen molar-refractivity contribution in [3.63, 3.8) is 0 Å². The molecule has 0 aromatic heterocycles. The fourth-order valence-electron chi connectivity index (χ4n) is 3.15. The molecule has 0 saturated heterocycles. The second-order valence-corrected chi connectivity index (χ2v) is 7.15. The van der Waals surface area contributed by atoms with Crippen LogP contribution in [0.2, 0.25) is 0 Å². The summed E-state index contributed by atoms with van der Waals surface area (Å²) >= 11 is 0. The standard InChI is InChI=1S/C24H23F3N2O5/c1-4-12-34-19-11-6-15(14-20(19)32-3)13-18-21(24(25,26)27)28-29(22(18)30)17-9-7-16(8-10-17)23(31)33-5-2/h6-11,13-14H,4-5,12H2,1-3H3. The lowest BCUT2D eigenvalue weighted by atomic mass is 10.1. The van der Waals surface area contributed by atoms with E-state index in [1.54, 1.807) is 13.0 Å². The van der Waals surface area contributed by atoms with Crippen molar-refractivity contribution in [1.82, 2.24) is 0 Å². The lowest BCUT2D eigenvalue weighted by Crippen LogP contribution is -2.25. The van der Waals surface area contributed by atoms with Gasteiger partial charge < -0.3 is 14.2 Å². The van der Waals surface area contributed by atoms with Gasteiger partial charge in [-0.2, -0.15) is 23.3 Å². The Labute approximate surface area is 194 Å². The summed E-state index contributed by atoms with van der Waals surface area (Å²) in [6.45, 7) is 4.21. The topological polar surface area (TPSA) is 77.4 Å². The maximum absolute atomic E-state index is 13.7. The van der Waals surface area contributed by atoms with Crippen LogP contribution in [0.4, 0.5) is 18.9 Å².